The van der Waals surface area contributed by atoms with Gasteiger partial charge in [-0.05, 0) is 56.5 Å². The van der Waals surface area contributed by atoms with Crippen molar-refractivity contribution in [3.63, 3.8) is 0 Å². The molecule has 1 N–H and O–H groups in total. The van der Waals surface area contributed by atoms with E-state index in [-0.39, 0.29) is 5.91 Å². The summed E-state index contributed by atoms with van der Waals surface area (Å²) in [5.74, 6) is 2.02. The number of anilines is 1. The summed E-state index contributed by atoms with van der Waals surface area (Å²) in [6.45, 7) is 7.64. The molecule has 0 atom stereocenters. The van der Waals surface area contributed by atoms with E-state index in [1.54, 1.807) is 0 Å². The predicted molar refractivity (Wildman–Crippen MR) is 103 cm³/mol. The molecule has 3 rings (SSSR count). The van der Waals surface area contributed by atoms with Crippen LogP contribution in [0, 0.1) is 5.92 Å². The molecule has 5 heteroatoms. The van der Waals surface area contributed by atoms with Crippen LogP contribution in [0.2, 0.25) is 0 Å². The molecule has 0 spiro atoms. The van der Waals surface area contributed by atoms with E-state index in [1.165, 1.54) is 12.8 Å². The Morgan fingerprint density at radius 3 is 2.80 bits per heavy atom. The quantitative estimate of drug-likeness (QED) is 0.865. The van der Waals surface area contributed by atoms with E-state index in [0.717, 1.165) is 60.9 Å². The molecule has 1 aromatic heterocycles. The summed E-state index contributed by atoms with van der Waals surface area (Å²) in [7, 11) is 2.08. The van der Waals surface area contributed by atoms with Gasteiger partial charge in [-0.3, -0.25) is 9.69 Å². The molecule has 2 aromatic rings. The topological polar surface area (TPSA) is 50.2 Å². The van der Waals surface area contributed by atoms with Gasteiger partial charge in [-0.1, -0.05) is 20.3 Å². The van der Waals surface area contributed by atoms with Crippen LogP contribution < -0.4 is 5.32 Å². The SMILES string of the molecule is CCCCC(=O)Nc1ccc2c(c1)nc(CN1CCC(C)CC1)n2C. The van der Waals surface area contributed by atoms with Crippen molar-refractivity contribution in [2.75, 3.05) is 18.4 Å². The molecule has 0 bridgehead atoms. The minimum absolute atomic E-state index is 0.0831. The van der Waals surface area contributed by atoms with Gasteiger partial charge in [-0.15, -0.1) is 0 Å². The lowest BCUT2D eigenvalue weighted by molar-refractivity contribution is -0.116. The van der Waals surface area contributed by atoms with Crippen LogP contribution in [-0.2, 0) is 18.4 Å². The molecule has 0 aliphatic carbocycles. The lowest BCUT2D eigenvalue weighted by Gasteiger charge is -2.29. The van der Waals surface area contributed by atoms with Gasteiger partial charge in [0.15, 0.2) is 0 Å². The minimum Gasteiger partial charge on any atom is -0.330 e. The first-order valence-corrected chi connectivity index (χ1v) is 9.54. The zero-order valence-corrected chi connectivity index (χ0v) is 15.7. The molecule has 1 aliphatic rings. The Labute approximate surface area is 150 Å². The fourth-order valence-electron chi connectivity index (χ4n) is 3.45. The highest BCUT2D eigenvalue weighted by Gasteiger charge is 2.18. The smallest absolute Gasteiger partial charge is 0.224 e. The summed E-state index contributed by atoms with van der Waals surface area (Å²) in [4.78, 5) is 19.2. The molecule has 1 saturated heterocycles. The fourth-order valence-corrected chi connectivity index (χ4v) is 3.45. The maximum absolute atomic E-state index is 11.9. The van der Waals surface area contributed by atoms with Crippen molar-refractivity contribution in [1.82, 2.24) is 14.5 Å². The number of aromatic nitrogens is 2. The summed E-state index contributed by atoms with van der Waals surface area (Å²) < 4.78 is 2.18. The average Bonchev–Trinajstić information content (AvgIpc) is 2.90. The Balaban J connectivity index is 1.71. The van der Waals surface area contributed by atoms with Gasteiger partial charge in [0.25, 0.3) is 0 Å². The number of carbonyl (C=O) groups is 1. The van der Waals surface area contributed by atoms with Gasteiger partial charge >= 0.3 is 0 Å². The third-order valence-electron chi connectivity index (χ3n) is 5.26. The normalized spacial score (nSPS) is 16.4. The Morgan fingerprint density at radius 1 is 1.32 bits per heavy atom. The second-order valence-electron chi connectivity index (χ2n) is 7.40. The van der Waals surface area contributed by atoms with Crippen LogP contribution in [-0.4, -0.2) is 33.4 Å². The standard InChI is InChI=1S/C20H30N4O/c1-4-5-6-20(25)21-16-7-8-18-17(13-16)22-19(23(18)3)14-24-11-9-15(2)10-12-24/h7-8,13,15H,4-6,9-12,14H2,1-3H3,(H,21,25). The van der Waals surface area contributed by atoms with Crippen molar-refractivity contribution >= 4 is 22.6 Å². The largest absolute Gasteiger partial charge is 0.330 e. The second-order valence-corrected chi connectivity index (χ2v) is 7.40. The van der Waals surface area contributed by atoms with Crippen LogP contribution in [0.3, 0.4) is 0 Å². The van der Waals surface area contributed by atoms with Crippen LogP contribution in [0.5, 0.6) is 0 Å². The number of rotatable bonds is 6. The average molecular weight is 342 g/mol. The van der Waals surface area contributed by atoms with Gasteiger partial charge in [0.2, 0.25) is 5.91 Å². The molecule has 1 aliphatic heterocycles. The third kappa shape index (κ3) is 4.40. The van der Waals surface area contributed by atoms with E-state index in [1.807, 2.05) is 12.1 Å². The molecule has 0 radical (unpaired) electrons. The maximum atomic E-state index is 11.9. The van der Waals surface area contributed by atoms with Crippen molar-refractivity contribution in [2.45, 2.75) is 52.5 Å². The summed E-state index contributed by atoms with van der Waals surface area (Å²) in [6.07, 6.45) is 5.09. The van der Waals surface area contributed by atoms with E-state index in [0.29, 0.717) is 6.42 Å². The predicted octanol–water partition coefficient (Wildman–Crippen LogP) is 3.93. The van der Waals surface area contributed by atoms with Crippen LogP contribution in [0.4, 0.5) is 5.69 Å². The van der Waals surface area contributed by atoms with Gasteiger partial charge in [-0.2, -0.15) is 0 Å². The van der Waals surface area contributed by atoms with Crippen molar-refractivity contribution in [2.24, 2.45) is 13.0 Å². The molecule has 1 aromatic carbocycles. The molecule has 136 valence electrons. The Hall–Kier alpha value is -1.88. The highest BCUT2D eigenvalue weighted by Crippen LogP contribution is 2.22. The van der Waals surface area contributed by atoms with Gasteiger partial charge in [0.05, 0.1) is 17.6 Å². The number of nitrogens with zero attached hydrogens (tertiary/aromatic N) is 3. The molecule has 5 nitrogen and oxygen atoms in total. The highest BCUT2D eigenvalue weighted by molar-refractivity contribution is 5.93. The van der Waals surface area contributed by atoms with Crippen molar-refractivity contribution < 1.29 is 4.79 Å². The molecular formula is C20H30N4O. The molecule has 25 heavy (non-hydrogen) atoms. The van der Waals surface area contributed by atoms with Crippen molar-refractivity contribution in [3.05, 3.63) is 24.0 Å². The van der Waals surface area contributed by atoms with Gasteiger partial charge in [-0.25, -0.2) is 4.98 Å². The van der Waals surface area contributed by atoms with Crippen LogP contribution in [0.15, 0.2) is 18.2 Å². The number of hydrogen-bond acceptors (Lipinski definition) is 3. The van der Waals surface area contributed by atoms with E-state index in [9.17, 15) is 4.79 Å². The van der Waals surface area contributed by atoms with Gasteiger partial charge in [0.1, 0.15) is 5.82 Å². The summed E-state index contributed by atoms with van der Waals surface area (Å²) >= 11 is 0. The number of nitrogens with one attached hydrogen (secondary N) is 1. The number of aryl methyl sites for hydroxylation is 1. The van der Waals surface area contributed by atoms with Crippen molar-refractivity contribution in [3.8, 4) is 0 Å². The number of benzene rings is 1. The number of hydrogen-bond donors (Lipinski definition) is 1. The number of unbranched alkanes of at least 4 members (excludes halogenated alkanes) is 1. The monoisotopic (exact) mass is 342 g/mol. The molecular weight excluding hydrogens is 312 g/mol. The fraction of sp³-hybridized carbons (Fsp3) is 0.600. The van der Waals surface area contributed by atoms with Crippen LogP contribution in [0.25, 0.3) is 11.0 Å². The number of imidazole rings is 1. The van der Waals surface area contributed by atoms with Crippen LogP contribution >= 0.6 is 0 Å². The van der Waals surface area contributed by atoms with E-state index < -0.39 is 0 Å². The lowest BCUT2D eigenvalue weighted by Crippen LogP contribution is -2.33. The first kappa shape index (κ1) is 17.9. The van der Waals surface area contributed by atoms with E-state index >= 15 is 0 Å². The lowest BCUT2D eigenvalue weighted by atomic mass is 9.99. The van der Waals surface area contributed by atoms with Crippen LogP contribution in [0.1, 0.15) is 51.8 Å². The molecule has 0 unspecified atom stereocenters. The summed E-state index contributed by atoms with van der Waals surface area (Å²) in [6, 6.07) is 6.01. The zero-order chi connectivity index (χ0) is 17.8. The Morgan fingerprint density at radius 2 is 2.08 bits per heavy atom. The third-order valence-corrected chi connectivity index (χ3v) is 5.26. The van der Waals surface area contributed by atoms with E-state index in [2.05, 4.69) is 41.7 Å². The van der Waals surface area contributed by atoms with Crippen molar-refractivity contribution in [1.29, 1.82) is 0 Å². The van der Waals surface area contributed by atoms with Gasteiger partial charge < -0.3 is 9.88 Å². The summed E-state index contributed by atoms with van der Waals surface area (Å²) in [5.41, 5.74) is 2.91. The molecule has 1 fully saturated rings. The zero-order valence-electron chi connectivity index (χ0n) is 15.7. The first-order valence-electron chi connectivity index (χ1n) is 9.54. The molecule has 2 heterocycles. The van der Waals surface area contributed by atoms with Gasteiger partial charge in [0, 0.05) is 19.2 Å². The van der Waals surface area contributed by atoms with E-state index in [4.69, 9.17) is 4.98 Å². The Bertz CT molecular complexity index is 729. The number of piperidine rings is 1. The molecule has 0 saturated carbocycles. The minimum atomic E-state index is 0.0831. The number of amides is 1. The highest BCUT2D eigenvalue weighted by atomic mass is 16.1. The first-order chi connectivity index (χ1) is 12.1. The Kier molecular flexibility index (Phi) is 5.74. The summed E-state index contributed by atoms with van der Waals surface area (Å²) in [5, 5.41) is 2.99. The second kappa shape index (κ2) is 8.00. The molecule has 1 amide bonds. The number of fused-ring (bicyclic) bond motifs is 1. The number of carbonyl (C=O) groups excluding carboxylic acids is 1. The number of likely N-dealkylation sites (tertiary alicyclic amines) is 1. The maximum Gasteiger partial charge on any atom is 0.224 e.